The molecule has 1 N–H and O–H groups in total. The molecule has 3 aromatic rings. The van der Waals surface area contributed by atoms with Crippen molar-refractivity contribution in [2.24, 2.45) is 0 Å². The van der Waals surface area contributed by atoms with Crippen molar-refractivity contribution in [3.05, 3.63) is 46.1 Å². The number of benzene rings is 1. The molecule has 0 unspecified atom stereocenters. The van der Waals surface area contributed by atoms with E-state index < -0.39 is 0 Å². The number of methoxy groups -OCH3 is 1. The Bertz CT molecular complexity index is 1020. The van der Waals surface area contributed by atoms with Crippen LogP contribution in [0.2, 0.25) is 0 Å². The number of carbonyl (C=O) groups is 1. The monoisotopic (exact) mass is 400 g/mol. The van der Waals surface area contributed by atoms with E-state index in [-0.39, 0.29) is 24.4 Å². The number of carbonyl (C=O) groups excluding carboxylic acids is 1. The Balaban J connectivity index is 1.82. The Morgan fingerprint density at radius 1 is 1.29 bits per heavy atom. The van der Waals surface area contributed by atoms with Gasteiger partial charge in [0.25, 0.3) is 5.56 Å². The molecule has 28 heavy (non-hydrogen) atoms. The molecule has 0 fully saturated rings. The SMILES string of the molecule is CCN(CC)c1nc2ccsc2c(=O)n1CCC(=O)Nc1cccc(OC)c1. The van der Waals surface area contributed by atoms with Crippen LogP contribution < -0.4 is 20.5 Å². The minimum atomic E-state index is -0.170. The van der Waals surface area contributed by atoms with Crippen LogP contribution in [-0.2, 0) is 11.3 Å². The maximum absolute atomic E-state index is 13.0. The summed E-state index contributed by atoms with van der Waals surface area (Å²) in [6, 6.07) is 9.03. The second-order valence-electron chi connectivity index (χ2n) is 6.21. The summed E-state index contributed by atoms with van der Waals surface area (Å²) in [6.45, 7) is 5.77. The number of nitrogens with one attached hydrogen (secondary N) is 1. The molecule has 7 nitrogen and oxygen atoms in total. The van der Waals surface area contributed by atoms with Gasteiger partial charge in [-0.25, -0.2) is 4.98 Å². The number of aromatic nitrogens is 2. The molecule has 0 aliphatic carbocycles. The van der Waals surface area contributed by atoms with Gasteiger partial charge in [-0.1, -0.05) is 6.07 Å². The van der Waals surface area contributed by atoms with Crippen molar-refractivity contribution in [3.8, 4) is 5.75 Å². The third-order valence-corrected chi connectivity index (χ3v) is 5.40. The first kappa shape index (κ1) is 19.9. The van der Waals surface area contributed by atoms with E-state index in [0.717, 1.165) is 13.1 Å². The van der Waals surface area contributed by atoms with Crippen molar-refractivity contribution < 1.29 is 9.53 Å². The molecule has 2 aromatic heterocycles. The first-order valence-electron chi connectivity index (χ1n) is 9.24. The summed E-state index contributed by atoms with van der Waals surface area (Å²) >= 11 is 1.38. The van der Waals surface area contributed by atoms with Crippen molar-refractivity contribution >= 4 is 39.1 Å². The second-order valence-corrected chi connectivity index (χ2v) is 7.12. The van der Waals surface area contributed by atoms with Crippen molar-refractivity contribution in [1.29, 1.82) is 0 Å². The Morgan fingerprint density at radius 2 is 2.07 bits per heavy atom. The number of ether oxygens (including phenoxy) is 1. The summed E-state index contributed by atoms with van der Waals surface area (Å²) in [5.41, 5.74) is 1.26. The molecule has 0 bridgehead atoms. The fourth-order valence-corrected chi connectivity index (χ4v) is 3.80. The van der Waals surface area contributed by atoms with Crippen molar-refractivity contribution in [2.75, 3.05) is 30.4 Å². The molecule has 0 atom stereocenters. The standard InChI is InChI=1S/C20H24N4O3S/c1-4-23(5-2)20-22-16-10-12-28-18(16)19(26)24(20)11-9-17(25)21-14-7-6-8-15(13-14)27-3/h6-8,10,12-13H,4-5,9,11H2,1-3H3,(H,21,25). The Morgan fingerprint density at radius 3 is 2.79 bits per heavy atom. The predicted molar refractivity (Wildman–Crippen MR) is 114 cm³/mol. The van der Waals surface area contributed by atoms with E-state index in [0.29, 0.717) is 27.6 Å². The molecule has 1 amide bonds. The normalized spacial score (nSPS) is 10.8. The zero-order valence-corrected chi connectivity index (χ0v) is 17.1. The maximum atomic E-state index is 13.0. The van der Waals surface area contributed by atoms with Gasteiger partial charge in [-0.2, -0.15) is 0 Å². The molecular formula is C20H24N4O3S. The van der Waals surface area contributed by atoms with E-state index in [9.17, 15) is 9.59 Å². The minimum Gasteiger partial charge on any atom is -0.497 e. The summed E-state index contributed by atoms with van der Waals surface area (Å²) < 4.78 is 7.40. The van der Waals surface area contributed by atoms with Gasteiger partial charge in [0.15, 0.2) is 0 Å². The highest BCUT2D eigenvalue weighted by Crippen LogP contribution is 2.20. The van der Waals surface area contributed by atoms with Gasteiger partial charge in [0.2, 0.25) is 11.9 Å². The Hall–Kier alpha value is -2.87. The number of thiophene rings is 1. The van der Waals surface area contributed by atoms with E-state index in [1.807, 2.05) is 42.3 Å². The quantitative estimate of drug-likeness (QED) is 0.628. The first-order valence-corrected chi connectivity index (χ1v) is 10.1. The van der Waals surface area contributed by atoms with Gasteiger partial charge in [0, 0.05) is 37.8 Å². The third kappa shape index (κ3) is 4.17. The molecule has 2 heterocycles. The van der Waals surface area contributed by atoms with Gasteiger partial charge in [0.1, 0.15) is 10.4 Å². The first-order chi connectivity index (χ1) is 13.6. The smallest absolute Gasteiger partial charge is 0.272 e. The number of amides is 1. The summed E-state index contributed by atoms with van der Waals surface area (Å²) in [6.07, 6.45) is 0.171. The Labute approximate surface area is 167 Å². The largest absolute Gasteiger partial charge is 0.497 e. The van der Waals surface area contributed by atoms with Crippen LogP contribution in [0.1, 0.15) is 20.3 Å². The molecule has 0 aliphatic heterocycles. The molecule has 0 spiro atoms. The van der Waals surface area contributed by atoms with Gasteiger partial charge in [-0.3, -0.25) is 14.2 Å². The molecule has 0 aliphatic rings. The maximum Gasteiger partial charge on any atom is 0.272 e. The van der Waals surface area contributed by atoms with E-state index in [1.54, 1.807) is 23.8 Å². The number of fused-ring (bicyclic) bond motifs is 1. The van der Waals surface area contributed by atoms with Crippen LogP contribution in [0.5, 0.6) is 5.75 Å². The van der Waals surface area contributed by atoms with E-state index in [2.05, 4.69) is 10.3 Å². The molecule has 0 saturated heterocycles. The lowest BCUT2D eigenvalue weighted by atomic mass is 10.3. The number of hydrogen-bond donors (Lipinski definition) is 1. The number of rotatable bonds is 8. The van der Waals surface area contributed by atoms with Crippen molar-refractivity contribution in [1.82, 2.24) is 9.55 Å². The average Bonchev–Trinajstić information content (AvgIpc) is 3.17. The zero-order valence-electron chi connectivity index (χ0n) is 16.3. The van der Waals surface area contributed by atoms with Crippen molar-refractivity contribution in [3.63, 3.8) is 0 Å². The lowest BCUT2D eigenvalue weighted by Crippen LogP contribution is -2.33. The molecule has 8 heteroatoms. The molecule has 3 rings (SSSR count). The minimum absolute atomic E-state index is 0.101. The fraction of sp³-hybridized carbons (Fsp3) is 0.350. The van der Waals surface area contributed by atoms with E-state index >= 15 is 0 Å². The van der Waals surface area contributed by atoms with E-state index in [4.69, 9.17) is 4.74 Å². The summed E-state index contributed by atoms with van der Waals surface area (Å²) in [4.78, 5) is 32.1. The highest BCUT2D eigenvalue weighted by atomic mass is 32.1. The lowest BCUT2D eigenvalue weighted by Gasteiger charge is -2.23. The number of hydrogen-bond acceptors (Lipinski definition) is 6. The van der Waals surface area contributed by atoms with Crippen LogP contribution >= 0.6 is 11.3 Å². The van der Waals surface area contributed by atoms with E-state index in [1.165, 1.54) is 11.3 Å². The molecule has 148 valence electrons. The van der Waals surface area contributed by atoms with Crippen LogP contribution in [0.15, 0.2) is 40.5 Å². The van der Waals surface area contributed by atoms with Gasteiger partial charge in [-0.05, 0) is 37.4 Å². The van der Waals surface area contributed by atoms with Crippen LogP contribution in [0, 0.1) is 0 Å². The van der Waals surface area contributed by atoms with Crippen molar-refractivity contribution in [2.45, 2.75) is 26.8 Å². The average molecular weight is 401 g/mol. The van der Waals surface area contributed by atoms with Crippen LogP contribution in [0.4, 0.5) is 11.6 Å². The Kier molecular flexibility index (Phi) is 6.30. The summed E-state index contributed by atoms with van der Waals surface area (Å²) in [5, 5.41) is 4.72. The summed E-state index contributed by atoms with van der Waals surface area (Å²) in [7, 11) is 1.58. The zero-order chi connectivity index (χ0) is 20.1. The second kappa shape index (κ2) is 8.88. The van der Waals surface area contributed by atoms with Gasteiger partial charge < -0.3 is 15.0 Å². The molecule has 0 radical (unpaired) electrons. The number of anilines is 2. The van der Waals surface area contributed by atoms with Gasteiger partial charge in [-0.15, -0.1) is 11.3 Å². The lowest BCUT2D eigenvalue weighted by molar-refractivity contribution is -0.116. The fourth-order valence-electron chi connectivity index (χ4n) is 3.02. The van der Waals surface area contributed by atoms with Crippen LogP contribution in [0.25, 0.3) is 10.2 Å². The highest BCUT2D eigenvalue weighted by Gasteiger charge is 2.17. The summed E-state index contributed by atoms with van der Waals surface area (Å²) in [5.74, 6) is 1.11. The molecular weight excluding hydrogens is 376 g/mol. The topological polar surface area (TPSA) is 76.5 Å². The van der Waals surface area contributed by atoms with Crippen LogP contribution in [-0.4, -0.2) is 35.7 Å². The predicted octanol–water partition coefficient (Wildman–Crippen LogP) is 3.34. The highest BCUT2D eigenvalue weighted by molar-refractivity contribution is 7.17. The van der Waals surface area contributed by atoms with Crippen LogP contribution in [0.3, 0.4) is 0 Å². The molecule has 0 saturated carbocycles. The third-order valence-electron chi connectivity index (χ3n) is 4.51. The molecule has 1 aromatic carbocycles. The van der Waals surface area contributed by atoms with Gasteiger partial charge in [0.05, 0.1) is 12.6 Å². The van der Waals surface area contributed by atoms with Gasteiger partial charge >= 0.3 is 0 Å². The number of nitrogens with zero attached hydrogens (tertiary/aromatic N) is 3.